The van der Waals surface area contributed by atoms with Crippen LogP contribution in [0.5, 0.6) is 0 Å². The molecule has 2 atom stereocenters. The number of rotatable bonds is 2. The van der Waals surface area contributed by atoms with Crippen molar-refractivity contribution in [3.05, 3.63) is 35.4 Å². The maximum atomic E-state index is 13.5. The van der Waals surface area contributed by atoms with E-state index in [1.807, 2.05) is 4.90 Å². The fourth-order valence-corrected chi connectivity index (χ4v) is 4.51. The summed E-state index contributed by atoms with van der Waals surface area (Å²) in [6, 6.07) is 4.13. The van der Waals surface area contributed by atoms with E-state index in [-0.39, 0.29) is 17.5 Å². The van der Waals surface area contributed by atoms with Gasteiger partial charge in [-0.3, -0.25) is 9.69 Å². The van der Waals surface area contributed by atoms with E-state index in [2.05, 4.69) is 4.90 Å². The lowest BCUT2D eigenvalue weighted by atomic mass is 9.94. The van der Waals surface area contributed by atoms with Gasteiger partial charge in [0.1, 0.15) is 0 Å². The first kappa shape index (κ1) is 16.9. The third-order valence-electron chi connectivity index (χ3n) is 5.88. The van der Waals surface area contributed by atoms with Gasteiger partial charge < -0.3 is 9.64 Å². The van der Waals surface area contributed by atoms with Gasteiger partial charge in [0.2, 0.25) is 0 Å². The zero-order valence-electron chi connectivity index (χ0n) is 14.3. The van der Waals surface area contributed by atoms with Crippen LogP contribution in [0.3, 0.4) is 0 Å². The summed E-state index contributed by atoms with van der Waals surface area (Å²) in [7, 11) is 0. The molecule has 136 valence electrons. The van der Waals surface area contributed by atoms with Crippen LogP contribution in [0.2, 0.25) is 0 Å². The average molecular weight is 350 g/mol. The van der Waals surface area contributed by atoms with E-state index in [0.29, 0.717) is 18.5 Å². The molecule has 4 aliphatic rings. The van der Waals surface area contributed by atoms with Crippen molar-refractivity contribution in [3.8, 4) is 0 Å². The van der Waals surface area contributed by atoms with Crippen LogP contribution in [0.25, 0.3) is 0 Å². The summed E-state index contributed by atoms with van der Waals surface area (Å²) >= 11 is 0. The number of nitrogens with zero attached hydrogens (tertiary/aromatic N) is 2. The number of halogens is 2. The second kappa shape index (κ2) is 7.00. The molecule has 1 aromatic carbocycles. The fourth-order valence-electron chi connectivity index (χ4n) is 4.51. The Bertz CT molecular complexity index is 648. The van der Waals surface area contributed by atoms with Gasteiger partial charge in [-0.15, -0.1) is 0 Å². The average Bonchev–Trinajstić information content (AvgIpc) is 2.96. The molecule has 0 spiro atoms. The molecule has 0 N–H and O–H groups in total. The molecule has 4 heterocycles. The Labute approximate surface area is 146 Å². The van der Waals surface area contributed by atoms with E-state index in [0.717, 1.165) is 64.1 Å². The lowest BCUT2D eigenvalue weighted by Crippen LogP contribution is -2.48. The number of benzene rings is 1. The third-order valence-corrected chi connectivity index (χ3v) is 5.88. The van der Waals surface area contributed by atoms with Crippen molar-refractivity contribution in [1.29, 1.82) is 0 Å². The molecule has 2 bridgehead atoms. The SMILES string of the molecule is O=C(c1ccc(F)c(F)c1)N1C[C@H]2CC[C@@H]1CN(C1CCOCC1)C2. The zero-order chi connectivity index (χ0) is 17.4. The topological polar surface area (TPSA) is 32.8 Å². The van der Waals surface area contributed by atoms with Gasteiger partial charge in [-0.2, -0.15) is 0 Å². The van der Waals surface area contributed by atoms with E-state index in [4.69, 9.17) is 4.74 Å². The number of amides is 1. The molecule has 0 saturated carbocycles. The molecule has 0 radical (unpaired) electrons. The molecule has 0 unspecified atom stereocenters. The largest absolute Gasteiger partial charge is 0.381 e. The molecule has 6 heteroatoms. The molecule has 0 aliphatic carbocycles. The maximum Gasteiger partial charge on any atom is 0.254 e. The van der Waals surface area contributed by atoms with Crippen LogP contribution in [-0.2, 0) is 4.74 Å². The van der Waals surface area contributed by atoms with Gasteiger partial charge in [-0.1, -0.05) is 0 Å². The van der Waals surface area contributed by atoms with Gasteiger partial charge in [-0.25, -0.2) is 8.78 Å². The standard InChI is InChI=1S/C19H24F2N2O2/c20-17-4-2-14(9-18(17)21)19(24)23-11-13-1-3-16(23)12-22(10-13)15-5-7-25-8-6-15/h2,4,9,13,15-16H,1,3,5-8,10-12H2/t13-,16+/m0/s1. The normalized spacial score (nSPS) is 28.2. The third kappa shape index (κ3) is 3.42. The van der Waals surface area contributed by atoms with Crippen molar-refractivity contribution in [3.63, 3.8) is 0 Å². The first-order chi connectivity index (χ1) is 12.1. The van der Waals surface area contributed by atoms with Gasteiger partial charge in [0.15, 0.2) is 11.6 Å². The van der Waals surface area contributed by atoms with Crippen molar-refractivity contribution in [1.82, 2.24) is 9.80 Å². The lowest BCUT2D eigenvalue weighted by molar-refractivity contribution is 0.0304. The number of fused-ring (bicyclic) bond motifs is 4. The molecule has 0 aromatic heterocycles. The van der Waals surface area contributed by atoms with Crippen LogP contribution in [0.1, 0.15) is 36.0 Å². The number of carbonyl (C=O) groups is 1. The van der Waals surface area contributed by atoms with Crippen molar-refractivity contribution in [2.24, 2.45) is 5.92 Å². The second-order valence-electron chi connectivity index (χ2n) is 7.48. The van der Waals surface area contributed by atoms with Crippen molar-refractivity contribution < 1.29 is 18.3 Å². The number of hydrogen-bond acceptors (Lipinski definition) is 3. The van der Waals surface area contributed by atoms with Crippen molar-refractivity contribution in [2.75, 3.05) is 32.8 Å². The van der Waals surface area contributed by atoms with E-state index in [1.165, 1.54) is 6.07 Å². The molecule has 5 rings (SSSR count). The van der Waals surface area contributed by atoms with Gasteiger partial charge in [0.25, 0.3) is 5.91 Å². The predicted octanol–water partition coefficient (Wildman–Crippen LogP) is 2.68. The van der Waals surface area contributed by atoms with Crippen LogP contribution in [0, 0.1) is 17.6 Å². The van der Waals surface area contributed by atoms with Crippen LogP contribution in [0.4, 0.5) is 8.78 Å². The molecule has 4 aliphatic heterocycles. The van der Waals surface area contributed by atoms with E-state index in [9.17, 15) is 13.6 Å². The first-order valence-corrected chi connectivity index (χ1v) is 9.19. The van der Waals surface area contributed by atoms with Gasteiger partial charge in [-0.05, 0) is 49.8 Å². The minimum atomic E-state index is -0.963. The summed E-state index contributed by atoms with van der Waals surface area (Å²) in [5.41, 5.74) is 0.240. The van der Waals surface area contributed by atoms with Gasteiger partial charge in [0.05, 0.1) is 0 Å². The summed E-state index contributed by atoms with van der Waals surface area (Å²) < 4.78 is 32.1. The van der Waals surface area contributed by atoms with Crippen LogP contribution in [-0.4, -0.2) is 60.6 Å². The zero-order valence-corrected chi connectivity index (χ0v) is 14.3. The highest BCUT2D eigenvalue weighted by molar-refractivity contribution is 5.94. The summed E-state index contributed by atoms with van der Waals surface area (Å²) in [6.07, 6.45) is 4.22. The maximum absolute atomic E-state index is 13.5. The van der Waals surface area contributed by atoms with E-state index >= 15 is 0 Å². The summed E-state index contributed by atoms with van der Waals surface area (Å²) in [6.45, 7) is 4.23. The van der Waals surface area contributed by atoms with Crippen LogP contribution in [0.15, 0.2) is 18.2 Å². The highest BCUT2D eigenvalue weighted by atomic mass is 19.2. The van der Waals surface area contributed by atoms with E-state index in [1.54, 1.807) is 0 Å². The minimum Gasteiger partial charge on any atom is -0.381 e. The molecule has 25 heavy (non-hydrogen) atoms. The molecular formula is C19H24F2N2O2. The Morgan fingerprint density at radius 2 is 1.76 bits per heavy atom. The molecule has 4 fully saturated rings. The Morgan fingerprint density at radius 3 is 2.52 bits per heavy atom. The Morgan fingerprint density at radius 1 is 0.960 bits per heavy atom. The Kier molecular flexibility index (Phi) is 4.73. The fraction of sp³-hybridized carbons (Fsp3) is 0.632. The van der Waals surface area contributed by atoms with Crippen LogP contribution >= 0.6 is 0 Å². The highest BCUT2D eigenvalue weighted by Gasteiger charge is 2.39. The quantitative estimate of drug-likeness (QED) is 0.822. The molecule has 1 aromatic rings. The van der Waals surface area contributed by atoms with Gasteiger partial charge in [0, 0.05) is 50.5 Å². The number of hydrogen-bond donors (Lipinski definition) is 0. The Hall–Kier alpha value is -1.53. The number of carbonyl (C=O) groups excluding carboxylic acids is 1. The smallest absolute Gasteiger partial charge is 0.254 e. The monoisotopic (exact) mass is 350 g/mol. The first-order valence-electron chi connectivity index (χ1n) is 9.19. The number of piperidine rings is 1. The summed E-state index contributed by atoms with van der Waals surface area (Å²) in [5.74, 6) is -1.60. The summed E-state index contributed by atoms with van der Waals surface area (Å²) in [4.78, 5) is 17.3. The second-order valence-corrected chi connectivity index (χ2v) is 7.48. The summed E-state index contributed by atoms with van der Waals surface area (Å²) in [5, 5.41) is 0. The van der Waals surface area contributed by atoms with Crippen molar-refractivity contribution in [2.45, 2.75) is 37.8 Å². The molecule has 4 saturated heterocycles. The highest BCUT2D eigenvalue weighted by Crippen LogP contribution is 2.31. The molecular weight excluding hydrogens is 326 g/mol. The molecule has 1 amide bonds. The molecule has 4 nitrogen and oxygen atoms in total. The van der Waals surface area contributed by atoms with Crippen molar-refractivity contribution >= 4 is 5.91 Å². The van der Waals surface area contributed by atoms with Gasteiger partial charge >= 0.3 is 0 Å². The van der Waals surface area contributed by atoms with Crippen LogP contribution < -0.4 is 0 Å². The predicted molar refractivity (Wildman–Crippen MR) is 89.3 cm³/mol. The van der Waals surface area contributed by atoms with E-state index < -0.39 is 11.6 Å². The number of ether oxygens (including phenoxy) is 1. The Balaban J connectivity index is 1.51. The minimum absolute atomic E-state index is 0.155. The lowest BCUT2D eigenvalue weighted by Gasteiger charge is -2.37.